The topological polar surface area (TPSA) is 20.3 Å². The first-order valence-corrected chi connectivity index (χ1v) is 6.64. The molecule has 1 aliphatic rings. The van der Waals surface area contributed by atoms with Crippen molar-refractivity contribution in [1.82, 2.24) is 4.90 Å². The molecule has 0 spiro atoms. The Bertz CT molecular complexity index is 464. The zero-order valence-electron chi connectivity index (χ0n) is 9.54. The minimum absolute atomic E-state index is 0.0423. The maximum absolute atomic E-state index is 12.3. The number of carbonyl (C=O) groups is 1. The van der Waals surface area contributed by atoms with Crippen LogP contribution in [0.2, 0.25) is 5.02 Å². The molecule has 0 saturated heterocycles. The molecule has 1 aliphatic heterocycles. The predicted molar refractivity (Wildman–Crippen MR) is 73.4 cm³/mol. The number of halogens is 2. The lowest BCUT2D eigenvalue weighted by atomic mass is 10.1. The van der Waals surface area contributed by atoms with Crippen LogP contribution in [0.1, 0.15) is 23.7 Å². The fraction of sp³-hybridized carbons (Fsp3) is 0.308. The summed E-state index contributed by atoms with van der Waals surface area (Å²) in [6.07, 6.45) is 3.11. The summed E-state index contributed by atoms with van der Waals surface area (Å²) < 4.78 is 0.831. The van der Waals surface area contributed by atoms with Gasteiger partial charge in [-0.25, -0.2) is 0 Å². The van der Waals surface area contributed by atoms with E-state index in [-0.39, 0.29) is 5.91 Å². The number of amides is 1. The van der Waals surface area contributed by atoms with E-state index in [0.29, 0.717) is 17.1 Å². The highest BCUT2D eigenvalue weighted by Gasteiger charge is 2.18. The zero-order valence-corrected chi connectivity index (χ0v) is 11.9. The molecule has 17 heavy (non-hydrogen) atoms. The van der Waals surface area contributed by atoms with Crippen LogP contribution in [0, 0.1) is 0 Å². The Morgan fingerprint density at radius 2 is 2.18 bits per heavy atom. The Hall–Kier alpha value is -0.800. The molecule has 90 valence electrons. The zero-order chi connectivity index (χ0) is 12.4. The SMILES string of the molecule is CC1=CCCN(C(=O)c2cc(Cl)cc(Br)c2)C1. The molecule has 0 fully saturated rings. The molecule has 0 radical (unpaired) electrons. The molecule has 1 amide bonds. The summed E-state index contributed by atoms with van der Waals surface area (Å²) in [5, 5.41) is 0.576. The van der Waals surface area contributed by atoms with Crippen molar-refractivity contribution in [3.63, 3.8) is 0 Å². The van der Waals surface area contributed by atoms with Crippen LogP contribution in [-0.2, 0) is 0 Å². The molecule has 0 bridgehead atoms. The van der Waals surface area contributed by atoms with E-state index < -0.39 is 0 Å². The Morgan fingerprint density at radius 1 is 1.41 bits per heavy atom. The minimum atomic E-state index is 0.0423. The molecule has 1 aromatic rings. The Morgan fingerprint density at radius 3 is 2.82 bits per heavy atom. The smallest absolute Gasteiger partial charge is 0.254 e. The summed E-state index contributed by atoms with van der Waals surface area (Å²) in [7, 11) is 0. The number of carbonyl (C=O) groups excluding carboxylic acids is 1. The van der Waals surface area contributed by atoms with Gasteiger partial charge in [-0.1, -0.05) is 39.2 Å². The van der Waals surface area contributed by atoms with Gasteiger partial charge in [0.1, 0.15) is 0 Å². The van der Waals surface area contributed by atoms with Crippen LogP contribution >= 0.6 is 27.5 Å². The lowest BCUT2D eigenvalue weighted by Gasteiger charge is -2.26. The van der Waals surface area contributed by atoms with Crippen molar-refractivity contribution in [1.29, 1.82) is 0 Å². The maximum atomic E-state index is 12.3. The van der Waals surface area contributed by atoms with Gasteiger partial charge in [-0.15, -0.1) is 0 Å². The van der Waals surface area contributed by atoms with E-state index in [1.54, 1.807) is 12.1 Å². The summed E-state index contributed by atoms with van der Waals surface area (Å²) in [5.41, 5.74) is 1.88. The van der Waals surface area contributed by atoms with Crippen molar-refractivity contribution in [2.45, 2.75) is 13.3 Å². The van der Waals surface area contributed by atoms with E-state index >= 15 is 0 Å². The predicted octanol–water partition coefficient (Wildman–Crippen LogP) is 3.89. The quantitative estimate of drug-likeness (QED) is 0.720. The molecule has 1 aromatic carbocycles. The van der Waals surface area contributed by atoms with E-state index in [2.05, 4.69) is 22.0 Å². The van der Waals surface area contributed by atoms with E-state index in [4.69, 9.17) is 11.6 Å². The van der Waals surface area contributed by atoms with Crippen molar-refractivity contribution in [3.05, 3.63) is 44.9 Å². The van der Waals surface area contributed by atoms with Crippen molar-refractivity contribution in [2.24, 2.45) is 0 Å². The number of rotatable bonds is 1. The van der Waals surface area contributed by atoms with Gasteiger partial charge in [-0.2, -0.15) is 0 Å². The van der Waals surface area contributed by atoms with Gasteiger partial charge in [0, 0.05) is 28.1 Å². The summed E-state index contributed by atoms with van der Waals surface area (Å²) in [6.45, 7) is 3.54. The third-order valence-electron chi connectivity index (χ3n) is 2.73. The summed E-state index contributed by atoms with van der Waals surface area (Å²) >= 11 is 9.30. The van der Waals surface area contributed by atoms with Gasteiger partial charge in [0.25, 0.3) is 5.91 Å². The normalized spacial score (nSPS) is 15.7. The van der Waals surface area contributed by atoms with E-state index in [0.717, 1.165) is 17.4 Å². The molecular weight excluding hydrogens is 302 g/mol. The van der Waals surface area contributed by atoms with Crippen molar-refractivity contribution >= 4 is 33.4 Å². The number of hydrogen-bond donors (Lipinski definition) is 0. The molecule has 0 unspecified atom stereocenters. The Balaban J connectivity index is 2.22. The molecular formula is C13H13BrClNO. The fourth-order valence-electron chi connectivity index (χ4n) is 1.94. The van der Waals surface area contributed by atoms with E-state index in [9.17, 15) is 4.79 Å². The van der Waals surface area contributed by atoms with Gasteiger partial charge >= 0.3 is 0 Å². The van der Waals surface area contributed by atoms with Crippen LogP contribution in [0.25, 0.3) is 0 Å². The Kier molecular flexibility index (Phi) is 3.89. The largest absolute Gasteiger partial charge is 0.334 e. The van der Waals surface area contributed by atoms with Crippen LogP contribution in [-0.4, -0.2) is 23.9 Å². The third kappa shape index (κ3) is 3.11. The second-order valence-electron chi connectivity index (χ2n) is 4.22. The highest BCUT2D eigenvalue weighted by molar-refractivity contribution is 9.10. The second kappa shape index (κ2) is 5.23. The molecule has 0 aliphatic carbocycles. The first-order chi connectivity index (χ1) is 8.06. The molecule has 1 heterocycles. The molecule has 0 saturated carbocycles. The average Bonchev–Trinajstić information content (AvgIpc) is 2.26. The van der Waals surface area contributed by atoms with Crippen molar-refractivity contribution < 1.29 is 4.79 Å². The minimum Gasteiger partial charge on any atom is -0.334 e. The van der Waals surface area contributed by atoms with Gasteiger partial charge in [-0.05, 0) is 31.5 Å². The third-order valence-corrected chi connectivity index (χ3v) is 3.40. The molecule has 4 heteroatoms. The van der Waals surface area contributed by atoms with Crippen molar-refractivity contribution in [3.8, 4) is 0 Å². The molecule has 0 aromatic heterocycles. The standard InChI is InChI=1S/C13H13BrClNO/c1-9-3-2-4-16(8-9)13(17)10-5-11(14)7-12(15)6-10/h3,5-7H,2,4,8H2,1H3. The monoisotopic (exact) mass is 313 g/mol. The molecule has 2 nitrogen and oxygen atoms in total. The molecule has 2 rings (SSSR count). The molecule has 0 N–H and O–H groups in total. The first-order valence-electron chi connectivity index (χ1n) is 5.47. The lowest BCUT2D eigenvalue weighted by molar-refractivity contribution is 0.0766. The average molecular weight is 315 g/mol. The van der Waals surface area contributed by atoms with Gasteiger partial charge in [0.2, 0.25) is 0 Å². The van der Waals surface area contributed by atoms with Crippen LogP contribution < -0.4 is 0 Å². The maximum Gasteiger partial charge on any atom is 0.254 e. The van der Waals surface area contributed by atoms with Crippen LogP contribution in [0.4, 0.5) is 0 Å². The summed E-state index contributed by atoms with van der Waals surface area (Å²) in [4.78, 5) is 14.1. The fourth-order valence-corrected chi connectivity index (χ4v) is 2.80. The van der Waals surface area contributed by atoms with Gasteiger partial charge in [-0.3, -0.25) is 4.79 Å². The number of benzene rings is 1. The number of nitrogens with zero attached hydrogens (tertiary/aromatic N) is 1. The van der Waals surface area contributed by atoms with Crippen LogP contribution in [0.3, 0.4) is 0 Å². The number of hydrogen-bond acceptors (Lipinski definition) is 1. The summed E-state index contributed by atoms with van der Waals surface area (Å²) in [5.74, 6) is 0.0423. The van der Waals surface area contributed by atoms with Crippen LogP contribution in [0.15, 0.2) is 34.3 Å². The highest BCUT2D eigenvalue weighted by Crippen LogP contribution is 2.21. The molecule has 0 atom stereocenters. The van der Waals surface area contributed by atoms with Crippen molar-refractivity contribution in [2.75, 3.05) is 13.1 Å². The highest BCUT2D eigenvalue weighted by atomic mass is 79.9. The second-order valence-corrected chi connectivity index (χ2v) is 5.58. The lowest BCUT2D eigenvalue weighted by Crippen LogP contribution is -2.35. The van der Waals surface area contributed by atoms with Gasteiger partial charge < -0.3 is 4.90 Å². The first kappa shape index (κ1) is 12.7. The van der Waals surface area contributed by atoms with Gasteiger partial charge in [0.05, 0.1) is 0 Å². The van der Waals surface area contributed by atoms with E-state index in [1.807, 2.05) is 17.9 Å². The summed E-state index contributed by atoms with van der Waals surface area (Å²) in [6, 6.07) is 5.30. The van der Waals surface area contributed by atoms with Gasteiger partial charge in [0.15, 0.2) is 0 Å². The Labute approximate surface area is 114 Å². The van der Waals surface area contributed by atoms with E-state index in [1.165, 1.54) is 5.57 Å². The van der Waals surface area contributed by atoms with Crippen LogP contribution in [0.5, 0.6) is 0 Å².